The third kappa shape index (κ3) is 13.2. The molecule has 15 heavy (non-hydrogen) atoms. The second-order valence-corrected chi connectivity index (χ2v) is 4.15. The van der Waals surface area contributed by atoms with Crippen molar-refractivity contribution >= 4 is 0 Å². The zero-order valence-corrected chi connectivity index (χ0v) is 10.2. The van der Waals surface area contributed by atoms with Gasteiger partial charge in [0.1, 0.15) is 0 Å². The van der Waals surface area contributed by atoms with E-state index in [2.05, 4.69) is 6.92 Å². The van der Waals surface area contributed by atoms with Crippen LogP contribution in [-0.2, 0) is 0 Å². The van der Waals surface area contributed by atoms with Crippen LogP contribution in [-0.4, -0.2) is 0 Å². The maximum absolute atomic E-state index is 8.27. The molecule has 0 rings (SSSR count). The molecule has 0 radical (unpaired) electrons. The number of hydrogen-bond donors (Lipinski definition) is 0. The van der Waals surface area contributed by atoms with Crippen LogP contribution in [0.25, 0.3) is 0 Å². The Balaban J connectivity index is 2.93. The molecule has 0 N–H and O–H groups in total. The normalized spacial score (nSPS) is 10.7. The highest BCUT2D eigenvalue weighted by Gasteiger charge is 1.90. The lowest BCUT2D eigenvalue weighted by Gasteiger charge is -2.00. The van der Waals surface area contributed by atoms with Crippen molar-refractivity contribution in [3.8, 4) is 6.07 Å². The molecule has 0 aromatic heterocycles. The standard InChI is InChI=1S/C14H25N/c1-2-3-4-5-6-7-8-9-10-11-12-13-14-15/h12-13H,2-11H2,1H3/b13-12+. The van der Waals surface area contributed by atoms with E-state index in [0.717, 1.165) is 6.42 Å². The molecule has 0 aliphatic rings. The van der Waals surface area contributed by atoms with Crippen molar-refractivity contribution < 1.29 is 0 Å². The van der Waals surface area contributed by atoms with Gasteiger partial charge in [-0.1, -0.05) is 64.4 Å². The minimum absolute atomic E-state index is 1.07. The lowest BCUT2D eigenvalue weighted by Crippen LogP contribution is -1.80. The fourth-order valence-corrected chi connectivity index (χ4v) is 1.71. The van der Waals surface area contributed by atoms with Gasteiger partial charge in [-0.25, -0.2) is 0 Å². The van der Waals surface area contributed by atoms with Crippen molar-refractivity contribution in [2.24, 2.45) is 0 Å². The van der Waals surface area contributed by atoms with Crippen LogP contribution in [0.1, 0.15) is 71.1 Å². The Morgan fingerprint density at radius 2 is 1.40 bits per heavy atom. The van der Waals surface area contributed by atoms with Crippen LogP contribution < -0.4 is 0 Å². The third-order valence-corrected chi connectivity index (χ3v) is 2.67. The van der Waals surface area contributed by atoms with Crippen molar-refractivity contribution in [2.45, 2.75) is 71.1 Å². The summed E-state index contributed by atoms with van der Waals surface area (Å²) in [5.41, 5.74) is 0. The van der Waals surface area contributed by atoms with E-state index in [9.17, 15) is 0 Å². The van der Waals surface area contributed by atoms with Gasteiger partial charge < -0.3 is 0 Å². The Hall–Kier alpha value is -0.770. The zero-order chi connectivity index (χ0) is 11.2. The van der Waals surface area contributed by atoms with E-state index in [0.29, 0.717) is 0 Å². The quantitative estimate of drug-likeness (QED) is 0.366. The molecule has 0 fully saturated rings. The van der Waals surface area contributed by atoms with Gasteiger partial charge in [-0.15, -0.1) is 0 Å². The van der Waals surface area contributed by atoms with Crippen LogP contribution in [0.15, 0.2) is 12.2 Å². The second-order valence-electron chi connectivity index (χ2n) is 4.15. The first kappa shape index (κ1) is 14.2. The smallest absolute Gasteiger partial charge is 0.0908 e. The van der Waals surface area contributed by atoms with E-state index >= 15 is 0 Å². The summed E-state index contributed by atoms with van der Waals surface area (Å²) >= 11 is 0. The predicted octanol–water partition coefficient (Wildman–Crippen LogP) is 4.99. The van der Waals surface area contributed by atoms with E-state index < -0.39 is 0 Å². The molecule has 0 spiro atoms. The lowest BCUT2D eigenvalue weighted by atomic mass is 10.1. The second kappa shape index (κ2) is 13.2. The minimum atomic E-state index is 1.07. The first-order chi connectivity index (χ1) is 7.41. The fraction of sp³-hybridized carbons (Fsp3) is 0.786. The molecule has 1 nitrogen and oxygen atoms in total. The first-order valence-electron chi connectivity index (χ1n) is 6.46. The Labute approximate surface area is 95.2 Å². The van der Waals surface area contributed by atoms with Crippen LogP contribution in [0.3, 0.4) is 0 Å². The molecule has 0 saturated carbocycles. The van der Waals surface area contributed by atoms with E-state index in [4.69, 9.17) is 5.26 Å². The molecular formula is C14H25N. The largest absolute Gasteiger partial charge is 0.193 e. The highest BCUT2D eigenvalue weighted by molar-refractivity contribution is 5.01. The van der Waals surface area contributed by atoms with Crippen molar-refractivity contribution in [3.05, 3.63) is 12.2 Å². The molecule has 0 amide bonds. The molecule has 0 aromatic carbocycles. The average molecular weight is 207 g/mol. The summed E-state index contributed by atoms with van der Waals surface area (Å²) in [6.07, 6.45) is 17.0. The highest BCUT2D eigenvalue weighted by Crippen LogP contribution is 2.10. The minimum Gasteiger partial charge on any atom is -0.193 e. The monoisotopic (exact) mass is 207 g/mol. The predicted molar refractivity (Wildman–Crippen MR) is 66.6 cm³/mol. The summed E-state index contributed by atoms with van der Waals surface area (Å²) in [5.74, 6) is 0. The van der Waals surface area contributed by atoms with E-state index in [1.165, 1.54) is 57.8 Å². The molecule has 86 valence electrons. The zero-order valence-electron chi connectivity index (χ0n) is 10.2. The van der Waals surface area contributed by atoms with Crippen molar-refractivity contribution in [2.75, 3.05) is 0 Å². The molecule has 0 aliphatic heterocycles. The van der Waals surface area contributed by atoms with Crippen LogP contribution in [0.5, 0.6) is 0 Å². The highest BCUT2D eigenvalue weighted by atomic mass is 14.2. The molecule has 0 atom stereocenters. The molecule has 0 aliphatic carbocycles. The summed E-state index contributed by atoms with van der Waals surface area (Å²) in [6.45, 7) is 2.26. The van der Waals surface area contributed by atoms with Gasteiger partial charge in [0.15, 0.2) is 0 Å². The molecule has 0 bridgehead atoms. The number of allylic oxidation sites excluding steroid dienone is 2. The van der Waals surface area contributed by atoms with Crippen molar-refractivity contribution in [3.63, 3.8) is 0 Å². The molecule has 0 saturated heterocycles. The SMILES string of the molecule is CCCCCCCCCCC/C=C/C#N. The lowest BCUT2D eigenvalue weighted by molar-refractivity contribution is 0.566. The maximum atomic E-state index is 8.27. The van der Waals surface area contributed by atoms with Crippen LogP contribution in [0.2, 0.25) is 0 Å². The van der Waals surface area contributed by atoms with Gasteiger partial charge >= 0.3 is 0 Å². The third-order valence-electron chi connectivity index (χ3n) is 2.67. The molecule has 0 heterocycles. The van der Waals surface area contributed by atoms with Gasteiger partial charge in [0.05, 0.1) is 6.07 Å². The van der Waals surface area contributed by atoms with Gasteiger partial charge in [0.25, 0.3) is 0 Å². The maximum Gasteiger partial charge on any atom is 0.0908 e. The number of hydrogen-bond acceptors (Lipinski definition) is 1. The van der Waals surface area contributed by atoms with Crippen molar-refractivity contribution in [1.82, 2.24) is 0 Å². The summed E-state index contributed by atoms with van der Waals surface area (Å²) in [6, 6.07) is 2.02. The number of nitriles is 1. The van der Waals surface area contributed by atoms with E-state index in [-0.39, 0.29) is 0 Å². The summed E-state index contributed by atoms with van der Waals surface area (Å²) in [4.78, 5) is 0. The molecule has 0 aromatic rings. The molecular weight excluding hydrogens is 182 g/mol. The van der Waals surface area contributed by atoms with Gasteiger partial charge in [0.2, 0.25) is 0 Å². The Morgan fingerprint density at radius 3 is 1.93 bits per heavy atom. The Bertz CT molecular complexity index is 176. The molecule has 0 unspecified atom stereocenters. The summed E-state index contributed by atoms with van der Waals surface area (Å²) in [7, 11) is 0. The summed E-state index contributed by atoms with van der Waals surface area (Å²) < 4.78 is 0. The number of unbranched alkanes of at least 4 members (excludes halogenated alkanes) is 9. The van der Waals surface area contributed by atoms with Crippen LogP contribution in [0.4, 0.5) is 0 Å². The first-order valence-corrected chi connectivity index (χ1v) is 6.46. The van der Waals surface area contributed by atoms with Gasteiger partial charge in [-0.3, -0.25) is 0 Å². The van der Waals surface area contributed by atoms with Crippen LogP contribution in [0, 0.1) is 11.3 Å². The van der Waals surface area contributed by atoms with Gasteiger partial charge in [-0.2, -0.15) is 5.26 Å². The van der Waals surface area contributed by atoms with Crippen molar-refractivity contribution in [1.29, 1.82) is 5.26 Å². The summed E-state index contributed by atoms with van der Waals surface area (Å²) in [5, 5.41) is 8.27. The van der Waals surface area contributed by atoms with E-state index in [1.807, 2.05) is 12.1 Å². The number of rotatable bonds is 10. The van der Waals surface area contributed by atoms with Gasteiger partial charge in [0, 0.05) is 6.08 Å². The average Bonchev–Trinajstić information content (AvgIpc) is 2.26. The Kier molecular flexibility index (Phi) is 12.6. The van der Waals surface area contributed by atoms with E-state index in [1.54, 1.807) is 6.08 Å². The molecule has 1 heteroatoms. The van der Waals surface area contributed by atoms with Crippen LogP contribution >= 0.6 is 0 Å². The Morgan fingerprint density at radius 1 is 0.867 bits per heavy atom. The van der Waals surface area contributed by atoms with Gasteiger partial charge in [-0.05, 0) is 12.8 Å². The number of nitrogens with zero attached hydrogens (tertiary/aromatic N) is 1. The fourth-order valence-electron chi connectivity index (χ4n) is 1.71. The topological polar surface area (TPSA) is 23.8 Å².